The van der Waals surface area contributed by atoms with Gasteiger partial charge < -0.3 is 9.73 Å². The van der Waals surface area contributed by atoms with Crippen molar-refractivity contribution < 1.29 is 9.21 Å². The minimum atomic E-state index is -0.314. The Kier molecular flexibility index (Phi) is 5.71. The number of hydrogen-bond donors (Lipinski definition) is 2. The maximum atomic E-state index is 12.9. The lowest BCUT2D eigenvalue weighted by Crippen LogP contribution is -2.21. The van der Waals surface area contributed by atoms with Gasteiger partial charge in [-0.05, 0) is 43.3 Å². The van der Waals surface area contributed by atoms with Crippen molar-refractivity contribution in [3.05, 3.63) is 120 Å². The molecule has 1 aromatic heterocycles. The Morgan fingerprint density at radius 3 is 2.17 bits per heavy atom. The number of carbonyl (C=O) groups is 1. The van der Waals surface area contributed by atoms with Crippen molar-refractivity contribution in [2.24, 2.45) is 5.10 Å². The topological polar surface area (TPSA) is 66.6 Å². The zero-order valence-corrected chi connectivity index (χ0v) is 16.5. The van der Waals surface area contributed by atoms with E-state index in [0.717, 1.165) is 17.0 Å². The molecule has 0 fully saturated rings. The van der Waals surface area contributed by atoms with Gasteiger partial charge in [-0.15, -0.1) is 0 Å². The standard InChI is InChI=1S/C25H21N3O2/c1-18-16-17-23(30-18)24(19-10-4-2-5-11-19)27-28-25(29)21-14-8-9-15-22(21)26-20-12-6-3-7-13-20/h2-17,26H,1H3,(H,28,29)/b27-24-. The van der Waals surface area contributed by atoms with Gasteiger partial charge in [-0.25, -0.2) is 5.43 Å². The van der Waals surface area contributed by atoms with Gasteiger partial charge in [0, 0.05) is 11.3 Å². The fourth-order valence-electron chi connectivity index (χ4n) is 3.05. The highest BCUT2D eigenvalue weighted by Crippen LogP contribution is 2.21. The number of nitrogens with zero attached hydrogens (tertiary/aromatic N) is 1. The third-order valence-corrected chi connectivity index (χ3v) is 4.51. The number of hydrazone groups is 1. The maximum absolute atomic E-state index is 12.9. The molecular weight excluding hydrogens is 374 g/mol. The molecule has 5 heteroatoms. The summed E-state index contributed by atoms with van der Waals surface area (Å²) in [4.78, 5) is 12.9. The van der Waals surface area contributed by atoms with Gasteiger partial charge in [0.15, 0.2) is 5.76 Å². The molecule has 4 aromatic rings. The molecule has 1 amide bonds. The van der Waals surface area contributed by atoms with Crippen LogP contribution in [0.5, 0.6) is 0 Å². The molecule has 0 aliphatic carbocycles. The van der Waals surface area contributed by atoms with E-state index in [1.165, 1.54) is 0 Å². The van der Waals surface area contributed by atoms with Crippen molar-refractivity contribution in [1.82, 2.24) is 5.43 Å². The van der Waals surface area contributed by atoms with Crippen molar-refractivity contribution in [2.75, 3.05) is 5.32 Å². The highest BCUT2D eigenvalue weighted by atomic mass is 16.3. The highest BCUT2D eigenvalue weighted by molar-refractivity contribution is 6.12. The zero-order chi connectivity index (χ0) is 20.8. The number of aryl methyl sites for hydroxylation is 1. The van der Waals surface area contributed by atoms with Crippen molar-refractivity contribution in [1.29, 1.82) is 0 Å². The number of furan rings is 1. The molecule has 5 nitrogen and oxygen atoms in total. The molecule has 0 bridgehead atoms. The van der Waals surface area contributed by atoms with Gasteiger partial charge in [0.05, 0.1) is 11.3 Å². The first-order chi connectivity index (χ1) is 14.7. The van der Waals surface area contributed by atoms with E-state index >= 15 is 0 Å². The molecule has 0 spiro atoms. The Bertz CT molecular complexity index is 1170. The Balaban J connectivity index is 1.62. The predicted molar refractivity (Wildman–Crippen MR) is 119 cm³/mol. The average Bonchev–Trinajstić information content (AvgIpc) is 3.21. The Hall–Kier alpha value is -4.12. The summed E-state index contributed by atoms with van der Waals surface area (Å²) >= 11 is 0. The fraction of sp³-hybridized carbons (Fsp3) is 0.0400. The van der Waals surface area contributed by atoms with Gasteiger partial charge in [-0.1, -0.05) is 60.7 Å². The van der Waals surface area contributed by atoms with Crippen LogP contribution >= 0.6 is 0 Å². The van der Waals surface area contributed by atoms with E-state index in [0.29, 0.717) is 22.7 Å². The SMILES string of the molecule is Cc1ccc(/C(=N\NC(=O)c2ccccc2Nc2ccccc2)c2ccccc2)o1. The van der Waals surface area contributed by atoms with Crippen molar-refractivity contribution in [3.63, 3.8) is 0 Å². The molecule has 3 aromatic carbocycles. The van der Waals surface area contributed by atoms with Crippen LogP contribution in [0.15, 0.2) is 107 Å². The summed E-state index contributed by atoms with van der Waals surface area (Å²) in [6, 6.07) is 30.4. The molecule has 0 saturated carbocycles. The van der Waals surface area contributed by atoms with E-state index in [-0.39, 0.29) is 5.91 Å². The van der Waals surface area contributed by atoms with Crippen LogP contribution in [0.2, 0.25) is 0 Å². The van der Waals surface area contributed by atoms with Crippen molar-refractivity contribution in [2.45, 2.75) is 6.92 Å². The Morgan fingerprint density at radius 2 is 1.47 bits per heavy atom. The molecule has 148 valence electrons. The van der Waals surface area contributed by atoms with E-state index < -0.39 is 0 Å². The van der Waals surface area contributed by atoms with E-state index in [9.17, 15) is 4.79 Å². The molecule has 0 unspecified atom stereocenters. The van der Waals surface area contributed by atoms with Crippen LogP contribution in [-0.4, -0.2) is 11.6 Å². The van der Waals surface area contributed by atoms with Crippen LogP contribution in [0.3, 0.4) is 0 Å². The number of rotatable bonds is 6. The van der Waals surface area contributed by atoms with Gasteiger partial charge in [0.2, 0.25) is 0 Å². The second-order valence-corrected chi connectivity index (χ2v) is 6.71. The molecule has 0 saturated heterocycles. The monoisotopic (exact) mass is 395 g/mol. The van der Waals surface area contributed by atoms with Gasteiger partial charge in [-0.3, -0.25) is 4.79 Å². The lowest BCUT2D eigenvalue weighted by molar-refractivity contribution is 0.0955. The largest absolute Gasteiger partial charge is 0.460 e. The summed E-state index contributed by atoms with van der Waals surface area (Å²) in [7, 11) is 0. The Morgan fingerprint density at radius 1 is 0.800 bits per heavy atom. The summed E-state index contributed by atoms with van der Waals surface area (Å²) in [5.74, 6) is 1.05. The van der Waals surface area contributed by atoms with Gasteiger partial charge >= 0.3 is 0 Å². The fourth-order valence-corrected chi connectivity index (χ4v) is 3.05. The van der Waals surface area contributed by atoms with Crippen LogP contribution in [0.25, 0.3) is 0 Å². The molecule has 2 N–H and O–H groups in total. The molecule has 0 aliphatic rings. The van der Waals surface area contributed by atoms with E-state index in [1.807, 2.05) is 97.9 Å². The lowest BCUT2D eigenvalue weighted by atomic mass is 10.1. The normalized spacial score (nSPS) is 11.2. The first kappa shape index (κ1) is 19.2. The average molecular weight is 395 g/mol. The first-order valence-corrected chi connectivity index (χ1v) is 9.62. The van der Waals surface area contributed by atoms with Gasteiger partial charge in [0.1, 0.15) is 11.5 Å². The third kappa shape index (κ3) is 4.47. The molecule has 4 rings (SSSR count). The number of benzene rings is 3. The van der Waals surface area contributed by atoms with E-state index in [4.69, 9.17) is 4.42 Å². The van der Waals surface area contributed by atoms with Gasteiger partial charge in [-0.2, -0.15) is 5.10 Å². The quantitative estimate of drug-likeness (QED) is 0.334. The van der Waals surface area contributed by atoms with Crippen LogP contribution in [0.4, 0.5) is 11.4 Å². The summed E-state index contributed by atoms with van der Waals surface area (Å²) in [5, 5.41) is 7.68. The number of nitrogens with one attached hydrogen (secondary N) is 2. The van der Waals surface area contributed by atoms with Crippen molar-refractivity contribution >= 4 is 23.0 Å². The molecule has 0 aliphatic heterocycles. The van der Waals surface area contributed by atoms with Crippen LogP contribution in [0.1, 0.15) is 27.4 Å². The lowest BCUT2D eigenvalue weighted by Gasteiger charge is -2.11. The van der Waals surface area contributed by atoms with Crippen LogP contribution in [0, 0.1) is 6.92 Å². The predicted octanol–water partition coefficient (Wildman–Crippen LogP) is 5.51. The molecular formula is C25H21N3O2. The zero-order valence-electron chi connectivity index (χ0n) is 16.5. The van der Waals surface area contributed by atoms with Crippen LogP contribution in [-0.2, 0) is 0 Å². The maximum Gasteiger partial charge on any atom is 0.273 e. The van der Waals surface area contributed by atoms with E-state index in [2.05, 4.69) is 15.8 Å². The highest BCUT2D eigenvalue weighted by Gasteiger charge is 2.14. The number of amides is 1. The summed E-state index contributed by atoms with van der Waals surface area (Å²) in [5.41, 5.74) is 6.19. The van der Waals surface area contributed by atoms with Crippen LogP contribution < -0.4 is 10.7 Å². The molecule has 1 heterocycles. The van der Waals surface area contributed by atoms with Crippen molar-refractivity contribution in [3.8, 4) is 0 Å². The number of para-hydroxylation sites is 2. The molecule has 0 atom stereocenters. The first-order valence-electron chi connectivity index (χ1n) is 9.62. The smallest absolute Gasteiger partial charge is 0.273 e. The van der Waals surface area contributed by atoms with E-state index in [1.54, 1.807) is 6.07 Å². The summed E-state index contributed by atoms with van der Waals surface area (Å²) in [6.07, 6.45) is 0. The number of carbonyl (C=O) groups excluding carboxylic acids is 1. The Labute approximate surface area is 175 Å². The summed E-state index contributed by atoms with van der Waals surface area (Å²) in [6.45, 7) is 1.87. The minimum Gasteiger partial charge on any atom is -0.460 e. The number of anilines is 2. The van der Waals surface area contributed by atoms with Gasteiger partial charge in [0.25, 0.3) is 5.91 Å². The summed E-state index contributed by atoms with van der Waals surface area (Å²) < 4.78 is 5.75. The second-order valence-electron chi connectivity index (χ2n) is 6.71. The minimum absolute atomic E-state index is 0.314. The molecule has 0 radical (unpaired) electrons. The molecule has 30 heavy (non-hydrogen) atoms. The third-order valence-electron chi connectivity index (χ3n) is 4.51. The second kappa shape index (κ2) is 8.92. The number of hydrogen-bond acceptors (Lipinski definition) is 4.